The van der Waals surface area contributed by atoms with E-state index < -0.39 is 0 Å². The van der Waals surface area contributed by atoms with Gasteiger partial charge in [0.15, 0.2) is 10.4 Å². The highest BCUT2D eigenvalue weighted by atomic mass is 35.5. The van der Waals surface area contributed by atoms with Crippen LogP contribution in [0.1, 0.15) is 13.8 Å². The minimum Gasteiger partial charge on any atom is -0.483 e. The van der Waals surface area contributed by atoms with Gasteiger partial charge >= 0.3 is 0 Å². The number of hydrogen-bond donors (Lipinski definition) is 0. The summed E-state index contributed by atoms with van der Waals surface area (Å²) in [6, 6.07) is 0. The summed E-state index contributed by atoms with van der Waals surface area (Å²) in [6.45, 7) is 4.84. The lowest BCUT2D eigenvalue weighted by Crippen LogP contribution is -1.83. The molecule has 0 spiro atoms. The van der Waals surface area contributed by atoms with Crippen molar-refractivity contribution in [3.05, 3.63) is 21.3 Å². The van der Waals surface area contributed by atoms with Crippen molar-refractivity contribution >= 4 is 35.0 Å². The molecule has 0 bridgehead atoms. The van der Waals surface area contributed by atoms with Crippen LogP contribution in [0.4, 0.5) is 0 Å². The van der Waals surface area contributed by atoms with E-state index in [0.29, 0.717) is 23.7 Å². The molecule has 0 aliphatic rings. The maximum Gasteiger partial charge on any atom is 0.193 e. The molecular weight excluding hydrogens is 231 g/mol. The third-order valence-corrected chi connectivity index (χ3v) is 2.28. The predicted molar refractivity (Wildman–Crippen MR) is 58.7 cm³/mol. The highest BCUT2D eigenvalue weighted by Crippen LogP contribution is 2.17. The Morgan fingerprint density at radius 2 is 1.46 bits per heavy atom. The molecule has 0 N–H and O–H groups in total. The molecule has 5 heteroatoms. The lowest BCUT2D eigenvalue weighted by atomic mass is 10.9. The number of hydrogen-bond acceptors (Lipinski definition) is 3. The topological polar surface area (TPSA) is 18.5 Å². The van der Waals surface area contributed by atoms with Gasteiger partial charge in [0.05, 0.1) is 13.2 Å². The molecule has 76 valence electrons. The Balaban J connectivity index is 3.74. The molecule has 0 aliphatic carbocycles. The van der Waals surface area contributed by atoms with Crippen LogP contribution in [0.25, 0.3) is 0 Å². The van der Waals surface area contributed by atoms with Gasteiger partial charge in [0, 0.05) is 10.8 Å². The fourth-order valence-electron chi connectivity index (χ4n) is 0.485. The molecule has 0 heterocycles. The zero-order chi connectivity index (χ0) is 10.1. The van der Waals surface area contributed by atoms with Crippen molar-refractivity contribution in [2.75, 3.05) is 13.2 Å². The van der Waals surface area contributed by atoms with Crippen LogP contribution >= 0.6 is 35.0 Å². The van der Waals surface area contributed by atoms with Gasteiger partial charge in [-0.15, -0.1) is 0 Å². The Hall–Kier alpha value is 0.01000. The van der Waals surface area contributed by atoms with Crippen LogP contribution in [0.3, 0.4) is 0 Å². The second-order valence-corrected chi connectivity index (χ2v) is 3.33. The maximum absolute atomic E-state index is 5.65. The molecule has 0 aromatic rings. The summed E-state index contributed by atoms with van der Waals surface area (Å²) in [4.78, 5) is 0. The quantitative estimate of drug-likeness (QED) is 0.660. The zero-order valence-electron chi connectivity index (χ0n) is 7.55. The van der Waals surface area contributed by atoms with Crippen molar-refractivity contribution in [1.82, 2.24) is 0 Å². The molecule has 0 fully saturated rings. The summed E-state index contributed by atoms with van der Waals surface area (Å²) in [5.74, 6) is 0. The number of rotatable bonds is 6. The molecule has 0 aromatic heterocycles. The van der Waals surface area contributed by atoms with E-state index in [-0.39, 0.29) is 0 Å². The van der Waals surface area contributed by atoms with Crippen LogP contribution in [0.5, 0.6) is 0 Å². The summed E-state index contributed by atoms with van der Waals surface area (Å²) in [6.07, 6.45) is 0. The fourth-order valence-corrected chi connectivity index (χ4v) is 1.43. The van der Waals surface area contributed by atoms with Gasteiger partial charge < -0.3 is 9.47 Å². The summed E-state index contributed by atoms with van der Waals surface area (Å²) >= 11 is 12.6. The second kappa shape index (κ2) is 8.60. The lowest BCUT2D eigenvalue weighted by molar-refractivity contribution is 0.255. The Bertz CT molecular complexity index is 173. The summed E-state index contributed by atoms with van der Waals surface area (Å²) < 4.78 is 9.95. The second-order valence-electron chi connectivity index (χ2n) is 1.85. The van der Waals surface area contributed by atoms with Gasteiger partial charge in [-0.05, 0) is 37.0 Å². The Morgan fingerprint density at radius 3 is 1.77 bits per heavy atom. The summed E-state index contributed by atoms with van der Waals surface area (Å²) in [5, 5.41) is 3.99. The van der Waals surface area contributed by atoms with Crippen molar-refractivity contribution in [1.29, 1.82) is 0 Å². The van der Waals surface area contributed by atoms with Gasteiger partial charge in [0.2, 0.25) is 0 Å². The van der Waals surface area contributed by atoms with Crippen LogP contribution in [0.15, 0.2) is 21.3 Å². The van der Waals surface area contributed by atoms with E-state index in [1.807, 2.05) is 13.8 Å². The summed E-state index contributed by atoms with van der Waals surface area (Å²) in [7, 11) is 0. The van der Waals surface area contributed by atoms with Crippen molar-refractivity contribution in [3.8, 4) is 0 Å². The first-order valence-electron chi connectivity index (χ1n) is 3.83. The molecule has 0 radical (unpaired) electrons. The maximum atomic E-state index is 5.65. The highest BCUT2D eigenvalue weighted by molar-refractivity contribution is 8.05. The monoisotopic (exact) mass is 242 g/mol. The van der Waals surface area contributed by atoms with Gasteiger partial charge in [-0.25, -0.2) is 0 Å². The average molecular weight is 243 g/mol. The van der Waals surface area contributed by atoms with Crippen molar-refractivity contribution in [2.45, 2.75) is 13.8 Å². The third kappa shape index (κ3) is 8.34. The van der Waals surface area contributed by atoms with Crippen LogP contribution in [0.2, 0.25) is 0 Å². The van der Waals surface area contributed by atoms with E-state index in [4.69, 9.17) is 32.7 Å². The minimum absolute atomic E-state index is 0.352. The normalized spacial score (nSPS) is 12.9. The third-order valence-electron chi connectivity index (χ3n) is 0.886. The molecule has 0 saturated carbocycles. The fraction of sp³-hybridized carbons (Fsp3) is 0.500. The molecule has 0 unspecified atom stereocenters. The first kappa shape index (κ1) is 13.0. The van der Waals surface area contributed by atoms with E-state index in [9.17, 15) is 0 Å². The van der Waals surface area contributed by atoms with E-state index in [2.05, 4.69) is 0 Å². The van der Waals surface area contributed by atoms with Crippen LogP contribution in [0, 0.1) is 0 Å². The van der Waals surface area contributed by atoms with Gasteiger partial charge in [-0.3, -0.25) is 0 Å². The number of ether oxygens (including phenoxy) is 2. The van der Waals surface area contributed by atoms with Gasteiger partial charge in [-0.2, -0.15) is 0 Å². The van der Waals surface area contributed by atoms with E-state index in [0.717, 1.165) is 0 Å². The SMILES string of the molecule is CCO/C(Cl)=C/S/C=C(\Cl)OCC. The predicted octanol–water partition coefficient (Wildman–Crippen LogP) is 3.87. The van der Waals surface area contributed by atoms with Crippen molar-refractivity contribution in [2.24, 2.45) is 0 Å². The van der Waals surface area contributed by atoms with E-state index in [1.54, 1.807) is 10.8 Å². The first-order chi connectivity index (χ1) is 6.20. The summed E-state index contributed by atoms with van der Waals surface area (Å²) in [5.41, 5.74) is 0. The van der Waals surface area contributed by atoms with Crippen molar-refractivity contribution in [3.63, 3.8) is 0 Å². The van der Waals surface area contributed by atoms with E-state index in [1.165, 1.54) is 11.8 Å². The van der Waals surface area contributed by atoms with E-state index >= 15 is 0 Å². The first-order valence-corrected chi connectivity index (χ1v) is 5.53. The van der Waals surface area contributed by atoms with Gasteiger partial charge in [0.25, 0.3) is 0 Å². The smallest absolute Gasteiger partial charge is 0.193 e. The molecular formula is C8H12Cl2O2S. The van der Waals surface area contributed by atoms with Crippen LogP contribution in [-0.2, 0) is 9.47 Å². The standard InChI is InChI=1S/C8H12Cl2O2S/c1-3-11-7(9)5-13-6-8(10)12-4-2/h5-6H,3-4H2,1-2H3/b7-5+,8-6+. The molecule has 0 amide bonds. The Labute approximate surface area is 92.9 Å². The average Bonchev–Trinajstić information content (AvgIpc) is 2.05. The molecule has 2 nitrogen and oxygen atoms in total. The molecule has 0 aliphatic heterocycles. The Morgan fingerprint density at radius 1 is 1.08 bits per heavy atom. The van der Waals surface area contributed by atoms with Crippen LogP contribution in [-0.4, -0.2) is 13.2 Å². The number of thioether (sulfide) groups is 1. The molecule has 0 atom stereocenters. The Kier molecular flexibility index (Phi) is 8.61. The number of halogens is 2. The van der Waals surface area contributed by atoms with Crippen molar-refractivity contribution < 1.29 is 9.47 Å². The van der Waals surface area contributed by atoms with Gasteiger partial charge in [0.1, 0.15) is 0 Å². The largest absolute Gasteiger partial charge is 0.483 e. The van der Waals surface area contributed by atoms with Crippen LogP contribution < -0.4 is 0 Å². The highest BCUT2D eigenvalue weighted by Gasteiger charge is 1.91. The lowest BCUT2D eigenvalue weighted by Gasteiger charge is -1.99. The molecule has 13 heavy (non-hydrogen) atoms. The molecule has 0 aromatic carbocycles. The minimum atomic E-state index is 0.352. The molecule has 0 saturated heterocycles. The zero-order valence-corrected chi connectivity index (χ0v) is 9.88. The molecule has 0 rings (SSSR count). The van der Waals surface area contributed by atoms with Gasteiger partial charge in [-0.1, -0.05) is 11.8 Å².